The van der Waals surface area contributed by atoms with Gasteiger partial charge in [-0.25, -0.2) is 4.79 Å². The van der Waals surface area contributed by atoms with Gasteiger partial charge >= 0.3 is 5.97 Å². The van der Waals surface area contributed by atoms with Gasteiger partial charge in [0.05, 0.1) is 14.2 Å². The smallest absolute Gasteiger partial charge is 0.331 e. The Balaban J connectivity index is 1.90. The predicted octanol–water partition coefficient (Wildman–Crippen LogP) is 3.97. The minimum absolute atomic E-state index is 0.377. The Hall–Kier alpha value is -2.80. The van der Waals surface area contributed by atoms with Crippen molar-refractivity contribution in [1.29, 1.82) is 0 Å². The summed E-state index contributed by atoms with van der Waals surface area (Å²) in [5.41, 5.74) is 2.25. The molecule has 0 aliphatic rings. The highest BCUT2D eigenvalue weighted by Crippen LogP contribution is 2.25. The second-order valence-electron chi connectivity index (χ2n) is 5.56. The van der Waals surface area contributed by atoms with E-state index in [-0.39, 0.29) is 6.61 Å². The van der Waals surface area contributed by atoms with Gasteiger partial charge in [0.25, 0.3) is 5.91 Å². The minimum atomic E-state index is -0.629. The minimum Gasteiger partial charge on any atom is -0.497 e. The van der Waals surface area contributed by atoms with Crippen LogP contribution in [0.5, 0.6) is 11.5 Å². The number of aryl methyl sites for hydroxylation is 1. The highest BCUT2D eigenvalue weighted by Gasteiger charge is 2.08. The molecule has 0 aliphatic carbocycles. The Morgan fingerprint density at radius 3 is 2.56 bits per heavy atom. The van der Waals surface area contributed by atoms with Crippen LogP contribution in [-0.4, -0.2) is 32.7 Å². The predicted molar refractivity (Wildman–Crippen MR) is 107 cm³/mol. The van der Waals surface area contributed by atoms with Crippen molar-refractivity contribution in [3.05, 3.63) is 58.1 Å². The van der Waals surface area contributed by atoms with E-state index in [9.17, 15) is 9.59 Å². The monoisotopic (exact) mass is 433 g/mol. The van der Waals surface area contributed by atoms with E-state index in [1.54, 1.807) is 37.5 Å². The molecule has 2 aromatic carbocycles. The van der Waals surface area contributed by atoms with Crippen molar-refractivity contribution in [2.45, 2.75) is 6.92 Å². The zero-order valence-corrected chi connectivity index (χ0v) is 16.8. The number of carbonyl (C=O) groups excluding carboxylic acids is 2. The molecule has 0 aromatic heterocycles. The SMILES string of the molecule is COc1ccc(/C=C/C(=O)OCC(=O)Nc2ccc(Br)cc2C)c(OC)c1. The Morgan fingerprint density at radius 1 is 1.11 bits per heavy atom. The van der Waals surface area contributed by atoms with E-state index in [4.69, 9.17) is 14.2 Å². The van der Waals surface area contributed by atoms with E-state index < -0.39 is 11.9 Å². The number of hydrogen-bond acceptors (Lipinski definition) is 5. The Bertz CT molecular complexity index is 863. The van der Waals surface area contributed by atoms with E-state index >= 15 is 0 Å². The first-order chi connectivity index (χ1) is 12.9. The molecule has 142 valence electrons. The van der Waals surface area contributed by atoms with Gasteiger partial charge in [-0.05, 0) is 48.9 Å². The summed E-state index contributed by atoms with van der Waals surface area (Å²) in [6.07, 6.45) is 2.79. The molecule has 0 saturated carbocycles. The lowest BCUT2D eigenvalue weighted by Gasteiger charge is -2.09. The third kappa shape index (κ3) is 6.14. The van der Waals surface area contributed by atoms with Crippen molar-refractivity contribution < 1.29 is 23.8 Å². The number of methoxy groups -OCH3 is 2. The molecule has 0 fully saturated rings. The summed E-state index contributed by atoms with van der Waals surface area (Å²) in [7, 11) is 3.08. The second-order valence-corrected chi connectivity index (χ2v) is 6.47. The van der Waals surface area contributed by atoms with E-state index in [1.165, 1.54) is 13.2 Å². The summed E-state index contributed by atoms with van der Waals surface area (Å²) in [5.74, 6) is 0.160. The van der Waals surface area contributed by atoms with Crippen LogP contribution < -0.4 is 14.8 Å². The third-order valence-electron chi connectivity index (χ3n) is 3.65. The van der Waals surface area contributed by atoms with Gasteiger partial charge in [0.2, 0.25) is 0 Å². The first-order valence-corrected chi connectivity index (χ1v) is 8.85. The zero-order chi connectivity index (χ0) is 19.8. The van der Waals surface area contributed by atoms with Crippen LogP contribution in [0.25, 0.3) is 6.08 Å². The first kappa shape index (κ1) is 20.5. The van der Waals surface area contributed by atoms with Crippen molar-refractivity contribution in [3.63, 3.8) is 0 Å². The maximum absolute atomic E-state index is 11.9. The molecule has 2 aromatic rings. The van der Waals surface area contributed by atoms with Gasteiger partial charge in [-0.15, -0.1) is 0 Å². The van der Waals surface area contributed by atoms with Crippen LogP contribution in [-0.2, 0) is 14.3 Å². The normalized spacial score (nSPS) is 10.5. The topological polar surface area (TPSA) is 73.9 Å². The molecule has 0 aliphatic heterocycles. The maximum atomic E-state index is 11.9. The fraction of sp³-hybridized carbons (Fsp3) is 0.200. The molecule has 0 spiro atoms. The molecule has 0 saturated heterocycles. The average molecular weight is 434 g/mol. The van der Waals surface area contributed by atoms with Crippen LogP contribution in [0.15, 0.2) is 46.9 Å². The highest BCUT2D eigenvalue weighted by atomic mass is 79.9. The number of anilines is 1. The van der Waals surface area contributed by atoms with Crippen LogP contribution in [0.2, 0.25) is 0 Å². The van der Waals surface area contributed by atoms with E-state index in [0.717, 1.165) is 10.0 Å². The van der Waals surface area contributed by atoms with Crippen LogP contribution in [0.1, 0.15) is 11.1 Å². The molecular weight excluding hydrogens is 414 g/mol. The summed E-state index contributed by atoms with van der Waals surface area (Å²) in [4.78, 5) is 23.8. The van der Waals surface area contributed by atoms with E-state index in [1.807, 2.05) is 19.1 Å². The summed E-state index contributed by atoms with van der Waals surface area (Å²) in [6, 6.07) is 10.7. The van der Waals surface area contributed by atoms with Crippen LogP contribution >= 0.6 is 15.9 Å². The number of halogens is 1. The Kier molecular flexibility index (Phi) is 7.43. The molecule has 7 heteroatoms. The zero-order valence-electron chi connectivity index (χ0n) is 15.2. The maximum Gasteiger partial charge on any atom is 0.331 e. The molecular formula is C20H20BrNO5. The lowest BCUT2D eigenvalue weighted by atomic mass is 10.2. The van der Waals surface area contributed by atoms with Crippen molar-refractivity contribution in [2.75, 3.05) is 26.1 Å². The molecule has 1 N–H and O–H groups in total. The molecule has 27 heavy (non-hydrogen) atoms. The number of hydrogen-bond donors (Lipinski definition) is 1. The molecule has 0 bridgehead atoms. The molecule has 0 unspecified atom stereocenters. The van der Waals surface area contributed by atoms with Crippen LogP contribution in [0.4, 0.5) is 5.69 Å². The summed E-state index contributed by atoms with van der Waals surface area (Å²) >= 11 is 3.36. The second kappa shape index (κ2) is 9.78. The van der Waals surface area contributed by atoms with Crippen LogP contribution in [0.3, 0.4) is 0 Å². The van der Waals surface area contributed by atoms with Crippen molar-refractivity contribution in [2.24, 2.45) is 0 Å². The van der Waals surface area contributed by atoms with Gasteiger partial charge in [0.1, 0.15) is 11.5 Å². The van der Waals surface area contributed by atoms with Gasteiger partial charge < -0.3 is 19.5 Å². The van der Waals surface area contributed by atoms with Gasteiger partial charge in [0.15, 0.2) is 6.61 Å². The summed E-state index contributed by atoms with van der Waals surface area (Å²) in [5, 5.41) is 2.70. The van der Waals surface area contributed by atoms with Crippen molar-refractivity contribution >= 4 is 39.6 Å². The standard InChI is InChI=1S/C20H20BrNO5/c1-13-10-15(21)6-8-17(13)22-19(23)12-27-20(24)9-5-14-4-7-16(25-2)11-18(14)26-3/h4-11H,12H2,1-3H3,(H,22,23)/b9-5+. The number of ether oxygens (including phenoxy) is 3. The largest absolute Gasteiger partial charge is 0.497 e. The molecule has 2 rings (SSSR count). The fourth-order valence-corrected chi connectivity index (χ4v) is 2.73. The number of carbonyl (C=O) groups is 2. The lowest BCUT2D eigenvalue weighted by molar-refractivity contribution is -0.142. The molecule has 0 heterocycles. The molecule has 1 amide bonds. The van der Waals surface area contributed by atoms with Gasteiger partial charge in [-0.1, -0.05) is 15.9 Å². The Labute approximate surface area is 166 Å². The average Bonchev–Trinajstić information content (AvgIpc) is 2.66. The van der Waals surface area contributed by atoms with E-state index in [2.05, 4.69) is 21.2 Å². The van der Waals surface area contributed by atoms with Crippen LogP contribution in [0, 0.1) is 6.92 Å². The molecule has 0 radical (unpaired) electrons. The van der Waals surface area contributed by atoms with Gasteiger partial charge in [-0.3, -0.25) is 4.79 Å². The molecule has 0 atom stereocenters. The lowest BCUT2D eigenvalue weighted by Crippen LogP contribution is -2.20. The fourth-order valence-electron chi connectivity index (χ4n) is 2.25. The molecule has 6 nitrogen and oxygen atoms in total. The van der Waals surface area contributed by atoms with Crippen molar-refractivity contribution in [3.8, 4) is 11.5 Å². The summed E-state index contributed by atoms with van der Waals surface area (Å²) < 4.78 is 16.3. The number of benzene rings is 2. The Morgan fingerprint density at radius 2 is 1.89 bits per heavy atom. The van der Waals surface area contributed by atoms with E-state index in [0.29, 0.717) is 22.7 Å². The number of rotatable bonds is 7. The number of amides is 1. The quantitative estimate of drug-likeness (QED) is 0.528. The van der Waals surface area contributed by atoms with Crippen molar-refractivity contribution in [1.82, 2.24) is 0 Å². The third-order valence-corrected chi connectivity index (χ3v) is 4.14. The van der Waals surface area contributed by atoms with Gasteiger partial charge in [0, 0.05) is 27.9 Å². The highest BCUT2D eigenvalue weighted by molar-refractivity contribution is 9.10. The van der Waals surface area contributed by atoms with Gasteiger partial charge in [-0.2, -0.15) is 0 Å². The number of esters is 1. The first-order valence-electron chi connectivity index (χ1n) is 8.06. The number of nitrogens with one attached hydrogen (secondary N) is 1. The summed E-state index contributed by atoms with van der Waals surface area (Å²) in [6.45, 7) is 1.50.